The van der Waals surface area contributed by atoms with E-state index in [0.717, 1.165) is 24.3 Å². The third kappa shape index (κ3) is 1.70. The number of likely N-dealkylation sites (N-methyl/N-ethyl adjacent to an activating group) is 1. The van der Waals surface area contributed by atoms with Gasteiger partial charge in [0.1, 0.15) is 0 Å². The van der Waals surface area contributed by atoms with Gasteiger partial charge in [0.05, 0.1) is 0 Å². The third-order valence-electron chi connectivity index (χ3n) is 3.99. The number of hydrogen-bond acceptors (Lipinski definition) is 3. The van der Waals surface area contributed by atoms with Crippen molar-refractivity contribution in [3.8, 4) is 0 Å². The van der Waals surface area contributed by atoms with Crippen molar-refractivity contribution in [2.75, 3.05) is 25.9 Å². The van der Waals surface area contributed by atoms with Crippen LogP contribution >= 0.6 is 0 Å². The molecular weight excluding hydrogens is 198 g/mol. The van der Waals surface area contributed by atoms with Crippen LogP contribution in [0.1, 0.15) is 12.0 Å². The molecule has 16 heavy (non-hydrogen) atoms. The number of benzene rings is 1. The van der Waals surface area contributed by atoms with Crippen LogP contribution in [0.15, 0.2) is 24.3 Å². The van der Waals surface area contributed by atoms with Gasteiger partial charge in [-0.15, -0.1) is 0 Å². The maximum atomic E-state index is 5.69. The monoisotopic (exact) mass is 217 g/mol. The number of nitrogens with two attached hydrogens (primary N) is 1. The van der Waals surface area contributed by atoms with Gasteiger partial charge in [0.15, 0.2) is 0 Å². The number of fused-ring (bicyclic) bond motifs is 2. The Morgan fingerprint density at radius 1 is 1.19 bits per heavy atom. The second kappa shape index (κ2) is 3.75. The first-order valence-electron chi connectivity index (χ1n) is 6.01. The molecule has 2 bridgehead atoms. The number of anilines is 1. The largest absolute Gasteiger partial charge is 0.399 e. The van der Waals surface area contributed by atoms with Crippen LogP contribution < -0.4 is 5.73 Å². The van der Waals surface area contributed by atoms with Gasteiger partial charge < -0.3 is 10.6 Å². The summed E-state index contributed by atoms with van der Waals surface area (Å²) in [7, 11) is 2.24. The van der Waals surface area contributed by atoms with E-state index in [9.17, 15) is 0 Å². The van der Waals surface area contributed by atoms with E-state index in [2.05, 4.69) is 29.0 Å². The molecule has 2 unspecified atom stereocenters. The van der Waals surface area contributed by atoms with Crippen molar-refractivity contribution >= 4 is 5.69 Å². The van der Waals surface area contributed by atoms with Gasteiger partial charge in [0, 0.05) is 37.4 Å². The first-order chi connectivity index (χ1) is 7.72. The van der Waals surface area contributed by atoms with Crippen LogP contribution in [0, 0.1) is 0 Å². The van der Waals surface area contributed by atoms with Gasteiger partial charge in [-0.25, -0.2) is 0 Å². The summed E-state index contributed by atoms with van der Waals surface area (Å²) in [5, 5.41) is 0. The number of hydrogen-bond donors (Lipinski definition) is 1. The molecule has 2 saturated heterocycles. The number of nitrogen functional groups attached to an aromatic ring is 1. The molecule has 2 atom stereocenters. The average molecular weight is 217 g/mol. The maximum absolute atomic E-state index is 5.69. The predicted octanol–water partition coefficient (Wildman–Crippen LogP) is 1.16. The van der Waals surface area contributed by atoms with Gasteiger partial charge in [-0.05, 0) is 31.2 Å². The van der Waals surface area contributed by atoms with E-state index in [0.29, 0.717) is 0 Å². The smallest absolute Gasteiger partial charge is 0.0314 e. The average Bonchev–Trinajstić information content (AvgIpc) is 2.80. The molecule has 0 amide bonds. The lowest BCUT2D eigenvalue weighted by atomic mass is 10.2. The topological polar surface area (TPSA) is 32.5 Å². The van der Waals surface area contributed by atoms with Crippen LogP contribution in [0.4, 0.5) is 5.69 Å². The fourth-order valence-electron chi connectivity index (χ4n) is 3.00. The molecule has 0 aliphatic carbocycles. The summed E-state index contributed by atoms with van der Waals surface area (Å²) in [6.45, 7) is 3.54. The summed E-state index contributed by atoms with van der Waals surface area (Å²) >= 11 is 0. The highest BCUT2D eigenvalue weighted by atomic mass is 15.3. The van der Waals surface area contributed by atoms with E-state index in [1.54, 1.807) is 0 Å². The lowest BCUT2D eigenvalue weighted by Gasteiger charge is -2.31. The molecule has 0 spiro atoms. The van der Waals surface area contributed by atoms with E-state index in [1.807, 2.05) is 12.1 Å². The molecule has 1 aromatic carbocycles. The molecule has 0 saturated carbocycles. The van der Waals surface area contributed by atoms with Crippen LogP contribution in [-0.4, -0.2) is 42.0 Å². The minimum absolute atomic E-state index is 0.771. The predicted molar refractivity (Wildman–Crippen MR) is 66.1 cm³/mol. The summed E-state index contributed by atoms with van der Waals surface area (Å²) in [5.74, 6) is 0. The SMILES string of the molecule is CN1CC2CC1CN2Cc1ccc(N)cc1. The second-order valence-corrected chi connectivity index (χ2v) is 5.15. The third-order valence-corrected chi connectivity index (χ3v) is 3.99. The van der Waals surface area contributed by atoms with E-state index < -0.39 is 0 Å². The van der Waals surface area contributed by atoms with Gasteiger partial charge in [-0.1, -0.05) is 12.1 Å². The van der Waals surface area contributed by atoms with Gasteiger partial charge in [-0.2, -0.15) is 0 Å². The fraction of sp³-hybridized carbons (Fsp3) is 0.538. The summed E-state index contributed by atoms with van der Waals surface area (Å²) in [4.78, 5) is 5.10. The number of likely N-dealkylation sites (tertiary alicyclic amines) is 2. The Morgan fingerprint density at radius 3 is 2.50 bits per heavy atom. The molecule has 0 radical (unpaired) electrons. The Balaban J connectivity index is 1.66. The van der Waals surface area contributed by atoms with Crippen LogP contribution in [0.2, 0.25) is 0 Å². The van der Waals surface area contributed by atoms with Gasteiger partial charge in [0.25, 0.3) is 0 Å². The zero-order valence-corrected chi connectivity index (χ0v) is 9.76. The van der Waals surface area contributed by atoms with Crippen LogP contribution in [-0.2, 0) is 6.54 Å². The summed E-state index contributed by atoms with van der Waals surface area (Å²) < 4.78 is 0. The Morgan fingerprint density at radius 2 is 1.94 bits per heavy atom. The van der Waals surface area contributed by atoms with Crippen molar-refractivity contribution in [3.05, 3.63) is 29.8 Å². The first-order valence-corrected chi connectivity index (χ1v) is 6.01. The van der Waals surface area contributed by atoms with Gasteiger partial charge in [-0.3, -0.25) is 4.90 Å². The van der Waals surface area contributed by atoms with Crippen molar-refractivity contribution in [3.63, 3.8) is 0 Å². The Bertz CT molecular complexity index is 371. The van der Waals surface area contributed by atoms with Gasteiger partial charge in [0.2, 0.25) is 0 Å². The van der Waals surface area contributed by atoms with E-state index in [1.165, 1.54) is 25.1 Å². The van der Waals surface area contributed by atoms with Crippen LogP contribution in [0.3, 0.4) is 0 Å². The van der Waals surface area contributed by atoms with E-state index in [-0.39, 0.29) is 0 Å². The molecule has 2 heterocycles. The zero-order chi connectivity index (χ0) is 11.1. The molecule has 2 aliphatic heterocycles. The van der Waals surface area contributed by atoms with Crippen molar-refractivity contribution in [1.82, 2.24) is 9.80 Å². The maximum Gasteiger partial charge on any atom is 0.0314 e. The Labute approximate surface area is 96.8 Å². The number of nitrogens with zero attached hydrogens (tertiary/aromatic N) is 2. The summed E-state index contributed by atoms with van der Waals surface area (Å²) in [6.07, 6.45) is 1.35. The van der Waals surface area contributed by atoms with Crippen molar-refractivity contribution < 1.29 is 0 Å². The lowest BCUT2D eigenvalue weighted by Crippen LogP contribution is -2.43. The van der Waals surface area contributed by atoms with E-state index in [4.69, 9.17) is 5.73 Å². The molecule has 0 aromatic heterocycles. The summed E-state index contributed by atoms with van der Waals surface area (Å²) in [5.41, 5.74) is 7.93. The second-order valence-electron chi connectivity index (χ2n) is 5.15. The number of rotatable bonds is 2. The minimum atomic E-state index is 0.771. The zero-order valence-electron chi connectivity index (χ0n) is 9.76. The Kier molecular flexibility index (Phi) is 2.37. The molecule has 2 aliphatic rings. The molecule has 1 aromatic rings. The van der Waals surface area contributed by atoms with Crippen molar-refractivity contribution in [2.45, 2.75) is 25.0 Å². The highest BCUT2D eigenvalue weighted by molar-refractivity contribution is 5.39. The normalized spacial score (nSPS) is 30.1. The lowest BCUT2D eigenvalue weighted by molar-refractivity contribution is 0.143. The number of piperazine rings is 1. The molecule has 3 nitrogen and oxygen atoms in total. The molecular formula is C13H19N3. The van der Waals surface area contributed by atoms with E-state index >= 15 is 0 Å². The molecule has 86 valence electrons. The molecule has 3 heteroatoms. The standard InChI is InChI=1S/C13H19N3/c1-15-8-13-6-12(15)9-16(13)7-10-2-4-11(14)5-3-10/h2-5,12-13H,6-9,14H2,1H3. The molecule has 2 N–H and O–H groups in total. The minimum Gasteiger partial charge on any atom is -0.399 e. The van der Waals surface area contributed by atoms with Crippen molar-refractivity contribution in [1.29, 1.82) is 0 Å². The van der Waals surface area contributed by atoms with Crippen molar-refractivity contribution in [2.24, 2.45) is 0 Å². The molecule has 3 rings (SSSR count). The van der Waals surface area contributed by atoms with Gasteiger partial charge >= 0.3 is 0 Å². The highest BCUT2D eigenvalue weighted by Gasteiger charge is 2.40. The summed E-state index contributed by atoms with van der Waals surface area (Å²) in [6, 6.07) is 9.84. The fourth-order valence-corrected chi connectivity index (χ4v) is 3.00. The molecule has 2 fully saturated rings. The first kappa shape index (κ1) is 10.1. The quantitative estimate of drug-likeness (QED) is 0.754. The Hall–Kier alpha value is -1.06. The highest BCUT2D eigenvalue weighted by Crippen LogP contribution is 2.30. The van der Waals surface area contributed by atoms with Crippen LogP contribution in [0.5, 0.6) is 0 Å². The van der Waals surface area contributed by atoms with Crippen LogP contribution in [0.25, 0.3) is 0 Å².